The number of nitrogens with zero attached hydrogens (tertiary/aromatic N) is 1. The van der Waals surface area contributed by atoms with Crippen molar-refractivity contribution >= 4 is 75.1 Å². The maximum atomic E-state index is 12.9. The number of hydrogen-bond acceptors (Lipinski definition) is 5. The van der Waals surface area contributed by atoms with Crippen molar-refractivity contribution in [3.05, 3.63) is 120 Å². The quantitative estimate of drug-likeness (QED) is 0.0945. The number of ether oxygens (including phenoxy) is 3. The zero-order chi connectivity index (χ0) is 30.1. The second kappa shape index (κ2) is 15.2. The van der Waals surface area contributed by atoms with Crippen LogP contribution in [0.5, 0.6) is 17.2 Å². The highest BCUT2D eigenvalue weighted by atomic mass is 127. The van der Waals surface area contributed by atoms with Crippen molar-refractivity contribution < 1.29 is 19.0 Å². The number of halogens is 4. The van der Waals surface area contributed by atoms with E-state index in [1.807, 2.05) is 31.2 Å². The van der Waals surface area contributed by atoms with E-state index >= 15 is 0 Å². The summed E-state index contributed by atoms with van der Waals surface area (Å²) in [5.74, 6) is 1.07. The molecule has 10 heteroatoms. The van der Waals surface area contributed by atoms with Crippen LogP contribution < -0.4 is 19.5 Å². The molecule has 0 saturated heterocycles. The van der Waals surface area contributed by atoms with Crippen LogP contribution in [0, 0.1) is 14.9 Å². The molecule has 1 N–H and O–H groups in total. The van der Waals surface area contributed by atoms with E-state index in [-0.39, 0.29) is 12.2 Å². The van der Waals surface area contributed by atoms with Crippen LogP contribution in [0.2, 0.25) is 15.1 Å². The topological polar surface area (TPSA) is 80.6 Å². The van der Waals surface area contributed by atoms with Crippen LogP contribution in [-0.4, -0.2) is 12.5 Å². The second-order valence-electron chi connectivity index (χ2n) is 8.82. The molecule has 4 rings (SSSR count). The van der Waals surface area contributed by atoms with Crippen molar-refractivity contribution in [1.29, 1.82) is 5.26 Å². The molecule has 0 unspecified atom stereocenters. The van der Waals surface area contributed by atoms with Gasteiger partial charge in [-0.1, -0.05) is 59.1 Å². The summed E-state index contributed by atoms with van der Waals surface area (Å²) in [5.41, 5.74) is 2.68. The molecule has 0 radical (unpaired) electrons. The lowest BCUT2D eigenvalue weighted by molar-refractivity contribution is -0.112. The molecular weight excluding hydrogens is 710 g/mol. The number of nitriles is 1. The van der Waals surface area contributed by atoms with Gasteiger partial charge in [0, 0.05) is 31.9 Å². The number of carbonyl (C=O) groups excluding carboxylic acids is 1. The summed E-state index contributed by atoms with van der Waals surface area (Å²) in [6, 6.07) is 25.0. The Bertz CT molecular complexity index is 1650. The van der Waals surface area contributed by atoms with Crippen molar-refractivity contribution in [2.75, 3.05) is 11.9 Å². The number of anilines is 1. The maximum absolute atomic E-state index is 12.9. The molecule has 6 nitrogen and oxygen atoms in total. The molecule has 0 aromatic heterocycles. The predicted molar refractivity (Wildman–Crippen MR) is 176 cm³/mol. The molecule has 0 bridgehead atoms. The van der Waals surface area contributed by atoms with Crippen LogP contribution in [0.15, 0.2) is 84.4 Å². The summed E-state index contributed by atoms with van der Waals surface area (Å²) in [5, 5.41) is 14.2. The highest BCUT2D eigenvalue weighted by Gasteiger charge is 2.15. The summed E-state index contributed by atoms with van der Waals surface area (Å²) in [4.78, 5) is 12.9. The molecule has 0 aliphatic rings. The summed E-state index contributed by atoms with van der Waals surface area (Å²) in [6.07, 6.45) is 1.50. The molecule has 1 amide bonds. The van der Waals surface area contributed by atoms with Crippen LogP contribution in [0.3, 0.4) is 0 Å². The summed E-state index contributed by atoms with van der Waals surface area (Å²) >= 11 is 20.6. The fourth-order valence-electron chi connectivity index (χ4n) is 3.79. The van der Waals surface area contributed by atoms with Gasteiger partial charge in [0.15, 0.2) is 11.5 Å². The first-order valence-electron chi connectivity index (χ1n) is 12.7. The van der Waals surface area contributed by atoms with E-state index in [0.29, 0.717) is 56.8 Å². The molecule has 4 aromatic carbocycles. The first-order chi connectivity index (χ1) is 20.3. The van der Waals surface area contributed by atoms with E-state index in [1.54, 1.807) is 60.7 Å². The van der Waals surface area contributed by atoms with Gasteiger partial charge in [-0.15, -0.1) is 0 Å². The Hall–Kier alpha value is -3.42. The highest BCUT2D eigenvalue weighted by Crippen LogP contribution is 2.36. The van der Waals surface area contributed by atoms with Crippen LogP contribution in [0.25, 0.3) is 6.08 Å². The molecule has 0 aliphatic carbocycles. The third-order valence-electron chi connectivity index (χ3n) is 5.86. The minimum atomic E-state index is -0.548. The zero-order valence-corrected chi connectivity index (χ0v) is 26.7. The minimum Gasteiger partial charge on any atom is -0.490 e. The van der Waals surface area contributed by atoms with Crippen LogP contribution in [0.4, 0.5) is 5.69 Å². The predicted octanol–water partition coefficient (Wildman–Crippen LogP) is 9.35. The highest BCUT2D eigenvalue weighted by molar-refractivity contribution is 14.1. The van der Waals surface area contributed by atoms with E-state index in [9.17, 15) is 10.1 Å². The van der Waals surface area contributed by atoms with Gasteiger partial charge in [-0.05, 0) is 95.8 Å². The van der Waals surface area contributed by atoms with Crippen molar-refractivity contribution in [2.45, 2.75) is 20.1 Å². The van der Waals surface area contributed by atoms with E-state index in [0.717, 1.165) is 14.7 Å². The number of benzene rings is 4. The van der Waals surface area contributed by atoms with Crippen molar-refractivity contribution in [3.8, 4) is 23.3 Å². The van der Waals surface area contributed by atoms with Crippen molar-refractivity contribution in [1.82, 2.24) is 0 Å². The van der Waals surface area contributed by atoms with E-state index in [1.165, 1.54) is 6.08 Å². The maximum Gasteiger partial charge on any atom is 0.266 e. The largest absolute Gasteiger partial charge is 0.490 e. The second-order valence-corrected chi connectivity index (χ2v) is 11.2. The van der Waals surface area contributed by atoms with E-state index < -0.39 is 5.91 Å². The zero-order valence-electron chi connectivity index (χ0n) is 22.3. The SMILES string of the molecule is CCOc1cc(/C=C(\C#N)C(=O)Nc2ccc(OCc3ccccc3Cl)cc2)cc(I)c1OCc1ccc(Cl)cc1Cl. The van der Waals surface area contributed by atoms with Gasteiger partial charge in [-0.3, -0.25) is 4.79 Å². The molecule has 0 spiro atoms. The molecular formula is C32H24Cl3IN2O4. The molecule has 0 fully saturated rings. The lowest BCUT2D eigenvalue weighted by atomic mass is 10.1. The fourth-order valence-corrected chi connectivity index (χ4v) is 5.22. The first-order valence-corrected chi connectivity index (χ1v) is 14.9. The Labute approximate surface area is 272 Å². The Morgan fingerprint density at radius 3 is 2.31 bits per heavy atom. The fraction of sp³-hybridized carbons (Fsp3) is 0.125. The Kier molecular flexibility index (Phi) is 11.4. The number of amides is 1. The van der Waals surface area contributed by atoms with Gasteiger partial charge in [0.05, 0.1) is 10.2 Å². The van der Waals surface area contributed by atoms with E-state index in [2.05, 4.69) is 27.9 Å². The van der Waals surface area contributed by atoms with Crippen molar-refractivity contribution in [2.24, 2.45) is 0 Å². The molecule has 4 aromatic rings. The van der Waals surface area contributed by atoms with Gasteiger partial charge in [-0.25, -0.2) is 0 Å². The molecule has 0 saturated carbocycles. The number of rotatable bonds is 11. The Balaban J connectivity index is 1.45. The van der Waals surface area contributed by atoms with Gasteiger partial charge in [0.1, 0.15) is 30.6 Å². The standard InChI is InChI=1S/C32H24Cl3IN2O4/c1-2-40-30-15-20(14-29(36)31(30)42-19-22-7-8-24(33)16-28(22)35)13-23(17-37)32(39)38-25-9-11-26(12-10-25)41-18-21-5-3-4-6-27(21)34/h3-16H,2,18-19H2,1H3,(H,38,39)/b23-13+. The van der Waals surface area contributed by atoms with E-state index in [4.69, 9.17) is 49.0 Å². The average Bonchev–Trinajstić information content (AvgIpc) is 2.97. The molecule has 0 atom stereocenters. The number of hydrogen-bond donors (Lipinski definition) is 1. The smallest absolute Gasteiger partial charge is 0.266 e. The van der Waals surface area contributed by atoms with Crippen LogP contribution in [0.1, 0.15) is 23.6 Å². The van der Waals surface area contributed by atoms with Gasteiger partial charge in [0.2, 0.25) is 0 Å². The Morgan fingerprint density at radius 1 is 0.905 bits per heavy atom. The number of nitrogens with one attached hydrogen (secondary N) is 1. The third-order valence-corrected chi connectivity index (χ3v) is 7.62. The first kappa shape index (κ1) is 31.5. The van der Waals surface area contributed by atoms with Crippen LogP contribution in [-0.2, 0) is 18.0 Å². The van der Waals surface area contributed by atoms with Gasteiger partial charge >= 0.3 is 0 Å². The molecule has 42 heavy (non-hydrogen) atoms. The summed E-state index contributed by atoms with van der Waals surface area (Å²) in [7, 11) is 0. The lowest BCUT2D eigenvalue weighted by Crippen LogP contribution is -2.13. The van der Waals surface area contributed by atoms with Crippen molar-refractivity contribution in [3.63, 3.8) is 0 Å². The summed E-state index contributed by atoms with van der Waals surface area (Å²) in [6.45, 7) is 2.77. The molecule has 0 heterocycles. The molecule has 0 aliphatic heterocycles. The van der Waals surface area contributed by atoms with Gasteiger partial charge < -0.3 is 19.5 Å². The average molecular weight is 734 g/mol. The van der Waals surface area contributed by atoms with Gasteiger partial charge in [0.25, 0.3) is 5.91 Å². The molecule has 214 valence electrons. The monoisotopic (exact) mass is 732 g/mol. The Morgan fingerprint density at radius 2 is 1.62 bits per heavy atom. The normalized spacial score (nSPS) is 11.0. The minimum absolute atomic E-state index is 0.0751. The van der Waals surface area contributed by atoms with Gasteiger partial charge in [-0.2, -0.15) is 5.26 Å². The summed E-state index contributed by atoms with van der Waals surface area (Å²) < 4.78 is 18.4. The lowest BCUT2D eigenvalue weighted by Gasteiger charge is -2.15. The third kappa shape index (κ3) is 8.55. The van der Waals surface area contributed by atoms with Crippen LogP contribution >= 0.6 is 57.4 Å². The number of carbonyl (C=O) groups is 1.